The summed E-state index contributed by atoms with van der Waals surface area (Å²) in [5, 5.41) is 5.22. The van der Waals surface area contributed by atoms with E-state index in [2.05, 4.69) is 217 Å². The van der Waals surface area contributed by atoms with E-state index in [1.807, 2.05) is 22.7 Å². The molecular formula is C54H35NS2. The molecule has 0 N–H and O–H groups in total. The molecule has 0 atom stereocenters. The van der Waals surface area contributed by atoms with Gasteiger partial charge >= 0.3 is 0 Å². The minimum absolute atomic E-state index is 1.12. The molecule has 0 amide bonds. The molecule has 0 bridgehead atoms. The molecule has 11 aromatic rings. The summed E-state index contributed by atoms with van der Waals surface area (Å²) in [5.74, 6) is 0. The minimum atomic E-state index is 1.12. The predicted octanol–water partition coefficient (Wildman–Crippen LogP) is 16.6. The smallest absolute Gasteiger partial charge is 0.0640 e. The predicted molar refractivity (Wildman–Crippen MR) is 249 cm³/mol. The van der Waals surface area contributed by atoms with Crippen molar-refractivity contribution in [3.8, 4) is 44.5 Å². The van der Waals surface area contributed by atoms with Gasteiger partial charge in [0.1, 0.15) is 0 Å². The normalized spacial score (nSPS) is 11.5. The zero-order chi connectivity index (χ0) is 37.7. The molecule has 57 heavy (non-hydrogen) atoms. The van der Waals surface area contributed by atoms with E-state index in [0.717, 1.165) is 11.4 Å². The summed E-state index contributed by atoms with van der Waals surface area (Å²) in [6, 6.07) is 77.4. The van der Waals surface area contributed by atoms with Gasteiger partial charge in [0.05, 0.1) is 10.4 Å². The molecule has 1 nitrogen and oxygen atoms in total. The number of thiophene rings is 2. The van der Waals surface area contributed by atoms with Crippen molar-refractivity contribution in [2.24, 2.45) is 0 Å². The van der Waals surface area contributed by atoms with Crippen LogP contribution in [-0.2, 0) is 0 Å². The average molecular weight is 762 g/mol. The number of nitrogens with zero attached hydrogens (tertiary/aromatic N) is 1. The molecule has 2 heterocycles. The lowest BCUT2D eigenvalue weighted by molar-refractivity contribution is 1.30. The topological polar surface area (TPSA) is 3.24 Å². The third-order valence-electron chi connectivity index (χ3n) is 11.1. The van der Waals surface area contributed by atoms with Crippen LogP contribution < -0.4 is 4.90 Å². The molecule has 9 aromatic carbocycles. The van der Waals surface area contributed by atoms with E-state index in [-0.39, 0.29) is 0 Å². The van der Waals surface area contributed by atoms with E-state index >= 15 is 0 Å². The Hall–Kier alpha value is -6.78. The largest absolute Gasteiger partial charge is 0.309 e. The Morgan fingerprint density at radius 1 is 0.281 bits per heavy atom. The molecule has 3 heteroatoms. The summed E-state index contributed by atoms with van der Waals surface area (Å²) in [4.78, 5) is 2.44. The third kappa shape index (κ3) is 5.91. The Bertz CT molecular complexity index is 3200. The lowest BCUT2D eigenvalue weighted by Gasteiger charge is -2.26. The van der Waals surface area contributed by atoms with Crippen LogP contribution in [0.3, 0.4) is 0 Å². The van der Waals surface area contributed by atoms with E-state index in [1.54, 1.807) is 0 Å². The second kappa shape index (κ2) is 14.1. The van der Waals surface area contributed by atoms with Gasteiger partial charge in [-0.1, -0.05) is 170 Å². The fourth-order valence-electron chi connectivity index (χ4n) is 8.35. The van der Waals surface area contributed by atoms with Crippen LogP contribution in [0.25, 0.3) is 84.9 Å². The van der Waals surface area contributed by atoms with E-state index < -0.39 is 0 Å². The average Bonchev–Trinajstić information content (AvgIpc) is 3.87. The van der Waals surface area contributed by atoms with Crippen molar-refractivity contribution in [1.82, 2.24) is 0 Å². The third-order valence-corrected chi connectivity index (χ3v) is 13.5. The van der Waals surface area contributed by atoms with Crippen LogP contribution in [0.2, 0.25) is 0 Å². The molecule has 0 aliphatic rings. The maximum Gasteiger partial charge on any atom is 0.0640 e. The highest BCUT2D eigenvalue weighted by Gasteiger charge is 2.20. The number of hydrogen-bond acceptors (Lipinski definition) is 3. The first-order valence-corrected chi connectivity index (χ1v) is 21.0. The zero-order valence-electron chi connectivity index (χ0n) is 31.0. The quantitative estimate of drug-likeness (QED) is 0.156. The first-order chi connectivity index (χ1) is 28.3. The first kappa shape index (κ1) is 33.5. The van der Waals surface area contributed by atoms with E-state index in [4.69, 9.17) is 0 Å². The number of rotatable bonds is 7. The van der Waals surface area contributed by atoms with Crippen LogP contribution in [0.5, 0.6) is 0 Å². The van der Waals surface area contributed by atoms with Crippen molar-refractivity contribution < 1.29 is 0 Å². The van der Waals surface area contributed by atoms with Crippen LogP contribution in [0, 0.1) is 0 Å². The van der Waals surface area contributed by atoms with Crippen LogP contribution >= 0.6 is 22.7 Å². The molecule has 0 aliphatic carbocycles. The van der Waals surface area contributed by atoms with Crippen molar-refractivity contribution in [2.45, 2.75) is 0 Å². The molecule has 268 valence electrons. The number of fused-ring (bicyclic) bond motifs is 6. The minimum Gasteiger partial charge on any atom is -0.309 e. The molecule has 0 spiro atoms. The lowest BCUT2D eigenvalue weighted by Crippen LogP contribution is -2.10. The highest BCUT2D eigenvalue weighted by atomic mass is 32.1. The van der Waals surface area contributed by atoms with Crippen molar-refractivity contribution in [1.29, 1.82) is 0 Å². The SMILES string of the molecule is c1ccc(-c2ccc(-c3ccc(N(c4ccc(-c5cccc6sc7ccccc7c56)cc4)c4cccc5c4sc4c(-c6ccccc6)cccc45)cc3)cc2)cc1. The van der Waals surface area contributed by atoms with Gasteiger partial charge in [-0.05, 0) is 87.0 Å². The Morgan fingerprint density at radius 2 is 0.737 bits per heavy atom. The summed E-state index contributed by atoms with van der Waals surface area (Å²) in [6.45, 7) is 0. The van der Waals surface area contributed by atoms with Crippen molar-refractivity contribution >= 4 is 80.1 Å². The molecule has 0 unspecified atom stereocenters. The van der Waals surface area contributed by atoms with Crippen LogP contribution in [0.4, 0.5) is 17.1 Å². The summed E-state index contributed by atoms with van der Waals surface area (Å²) < 4.78 is 5.23. The van der Waals surface area contributed by atoms with Gasteiger partial charge in [-0.15, -0.1) is 22.7 Å². The Labute approximate surface area is 340 Å². The van der Waals surface area contributed by atoms with Crippen molar-refractivity contribution in [3.05, 3.63) is 212 Å². The van der Waals surface area contributed by atoms with Crippen molar-refractivity contribution in [3.63, 3.8) is 0 Å². The van der Waals surface area contributed by atoms with Gasteiger partial charge in [0.25, 0.3) is 0 Å². The molecule has 0 saturated carbocycles. The van der Waals surface area contributed by atoms with Gasteiger partial charge in [-0.2, -0.15) is 0 Å². The van der Waals surface area contributed by atoms with E-state index in [9.17, 15) is 0 Å². The van der Waals surface area contributed by atoms with E-state index in [1.165, 1.54) is 90.5 Å². The van der Waals surface area contributed by atoms with Gasteiger partial charge in [0.15, 0.2) is 0 Å². The monoisotopic (exact) mass is 761 g/mol. The molecule has 0 radical (unpaired) electrons. The number of hydrogen-bond donors (Lipinski definition) is 0. The molecule has 0 aliphatic heterocycles. The zero-order valence-corrected chi connectivity index (χ0v) is 32.6. The van der Waals surface area contributed by atoms with Crippen LogP contribution in [0.15, 0.2) is 212 Å². The number of anilines is 3. The standard InChI is InChI=1S/C54H35NS2/c1-3-12-36(13-4-1)37-24-26-38(27-25-37)39-28-32-42(33-29-39)55(43-34-30-41(31-35-43)44-17-11-23-51-52(44)48-16-7-8-22-50(48)56-51)49-21-10-20-47-46-19-9-18-45(53(46)57-54(47)49)40-14-5-2-6-15-40/h1-35H. The maximum atomic E-state index is 2.44. The van der Waals surface area contributed by atoms with Gasteiger partial charge in [-0.25, -0.2) is 0 Å². The molecule has 0 fully saturated rings. The molecule has 0 saturated heterocycles. The Morgan fingerprint density at radius 3 is 1.42 bits per heavy atom. The van der Waals surface area contributed by atoms with E-state index in [0.29, 0.717) is 0 Å². The van der Waals surface area contributed by atoms with Gasteiger partial charge in [-0.3, -0.25) is 0 Å². The van der Waals surface area contributed by atoms with Gasteiger partial charge in [0, 0.05) is 47.0 Å². The highest BCUT2D eigenvalue weighted by Crippen LogP contribution is 2.48. The second-order valence-corrected chi connectivity index (χ2v) is 16.6. The maximum absolute atomic E-state index is 2.44. The lowest BCUT2D eigenvalue weighted by atomic mass is 9.98. The molecular weight excluding hydrogens is 727 g/mol. The Kier molecular flexibility index (Phi) is 8.28. The summed E-state index contributed by atoms with van der Waals surface area (Å²) in [6.07, 6.45) is 0. The first-order valence-electron chi connectivity index (χ1n) is 19.3. The van der Waals surface area contributed by atoms with Crippen LogP contribution in [0.1, 0.15) is 0 Å². The molecule has 2 aromatic heterocycles. The number of benzene rings is 9. The summed E-state index contributed by atoms with van der Waals surface area (Å²) >= 11 is 3.76. The van der Waals surface area contributed by atoms with Gasteiger partial charge < -0.3 is 4.90 Å². The molecule has 11 rings (SSSR count). The Balaban J connectivity index is 1.04. The fourth-order valence-corrected chi connectivity index (χ4v) is 10.8. The second-order valence-electron chi connectivity index (χ2n) is 14.5. The summed E-state index contributed by atoms with van der Waals surface area (Å²) in [7, 11) is 0. The van der Waals surface area contributed by atoms with Gasteiger partial charge in [0.2, 0.25) is 0 Å². The van der Waals surface area contributed by atoms with Crippen LogP contribution in [-0.4, -0.2) is 0 Å². The highest BCUT2D eigenvalue weighted by molar-refractivity contribution is 7.27. The summed E-state index contributed by atoms with van der Waals surface area (Å²) in [5.41, 5.74) is 13.3. The van der Waals surface area contributed by atoms with Crippen molar-refractivity contribution in [2.75, 3.05) is 4.90 Å². The fraction of sp³-hybridized carbons (Fsp3) is 0.